The molecular formula is C19H22ClNO4. The van der Waals surface area contributed by atoms with Crippen molar-refractivity contribution in [1.29, 1.82) is 0 Å². The molecule has 0 aliphatic heterocycles. The molecule has 0 bridgehead atoms. The molecule has 1 unspecified atom stereocenters. The van der Waals surface area contributed by atoms with E-state index in [9.17, 15) is 4.79 Å². The van der Waals surface area contributed by atoms with E-state index in [0.29, 0.717) is 22.3 Å². The molecule has 0 saturated carbocycles. The molecule has 0 heterocycles. The first-order chi connectivity index (χ1) is 12.0. The summed E-state index contributed by atoms with van der Waals surface area (Å²) >= 11 is 6.00. The number of halogens is 1. The van der Waals surface area contributed by atoms with Crippen LogP contribution in [0.1, 0.15) is 24.1 Å². The Morgan fingerprint density at radius 3 is 2.24 bits per heavy atom. The highest BCUT2D eigenvalue weighted by Gasteiger charge is 2.16. The van der Waals surface area contributed by atoms with Crippen LogP contribution in [0.4, 0.5) is 0 Å². The Balaban J connectivity index is 2.12. The van der Waals surface area contributed by atoms with Gasteiger partial charge < -0.3 is 19.5 Å². The Morgan fingerprint density at radius 2 is 1.72 bits per heavy atom. The molecule has 1 amide bonds. The van der Waals surface area contributed by atoms with Gasteiger partial charge in [0, 0.05) is 5.02 Å². The summed E-state index contributed by atoms with van der Waals surface area (Å²) in [5.41, 5.74) is 1.72. The molecule has 0 fully saturated rings. The molecule has 1 N–H and O–H groups in total. The van der Waals surface area contributed by atoms with Crippen LogP contribution in [-0.4, -0.2) is 27.2 Å². The monoisotopic (exact) mass is 363 g/mol. The third kappa shape index (κ3) is 4.79. The number of nitrogens with one attached hydrogen (secondary N) is 1. The highest BCUT2D eigenvalue weighted by molar-refractivity contribution is 6.30. The Labute approximate surface area is 152 Å². The number of amides is 1. The lowest BCUT2D eigenvalue weighted by Crippen LogP contribution is -2.28. The SMILES string of the molecule is COc1cc(CC(=O)NC(C)c2cccc(Cl)c2)cc(OC)c1OC. The lowest BCUT2D eigenvalue weighted by Gasteiger charge is -2.16. The smallest absolute Gasteiger partial charge is 0.224 e. The van der Waals surface area contributed by atoms with Crippen molar-refractivity contribution in [2.75, 3.05) is 21.3 Å². The summed E-state index contributed by atoms with van der Waals surface area (Å²) in [5.74, 6) is 1.43. The Morgan fingerprint density at radius 1 is 1.08 bits per heavy atom. The maximum absolute atomic E-state index is 12.4. The zero-order valence-electron chi connectivity index (χ0n) is 14.8. The number of hydrogen-bond acceptors (Lipinski definition) is 4. The summed E-state index contributed by atoms with van der Waals surface area (Å²) in [7, 11) is 4.63. The van der Waals surface area contributed by atoms with Gasteiger partial charge in [-0.2, -0.15) is 0 Å². The van der Waals surface area contributed by atoms with Crippen molar-refractivity contribution < 1.29 is 19.0 Å². The summed E-state index contributed by atoms with van der Waals surface area (Å²) in [6.45, 7) is 1.92. The largest absolute Gasteiger partial charge is 0.493 e. The average Bonchev–Trinajstić information content (AvgIpc) is 2.60. The quantitative estimate of drug-likeness (QED) is 0.813. The first-order valence-corrected chi connectivity index (χ1v) is 8.20. The van der Waals surface area contributed by atoms with E-state index in [0.717, 1.165) is 11.1 Å². The van der Waals surface area contributed by atoms with Gasteiger partial charge in [0.2, 0.25) is 11.7 Å². The number of rotatable bonds is 7. The molecule has 2 aromatic rings. The lowest BCUT2D eigenvalue weighted by molar-refractivity contribution is -0.121. The van der Waals surface area contributed by atoms with Crippen molar-refractivity contribution >= 4 is 17.5 Å². The topological polar surface area (TPSA) is 56.8 Å². The van der Waals surface area contributed by atoms with Crippen molar-refractivity contribution in [3.8, 4) is 17.2 Å². The van der Waals surface area contributed by atoms with E-state index in [1.54, 1.807) is 39.5 Å². The minimum absolute atomic E-state index is 0.109. The summed E-state index contributed by atoms with van der Waals surface area (Å²) in [5, 5.41) is 3.61. The van der Waals surface area contributed by atoms with Gasteiger partial charge in [-0.15, -0.1) is 0 Å². The molecule has 134 valence electrons. The molecule has 0 aliphatic rings. The van der Waals surface area contributed by atoms with Crippen molar-refractivity contribution in [1.82, 2.24) is 5.32 Å². The fraction of sp³-hybridized carbons (Fsp3) is 0.316. The standard InChI is InChI=1S/C19H22ClNO4/c1-12(14-6-5-7-15(20)11-14)21-18(22)10-13-8-16(23-2)19(25-4)17(9-13)24-3/h5-9,11-12H,10H2,1-4H3,(H,21,22). The van der Waals surface area contributed by atoms with Gasteiger partial charge in [-0.25, -0.2) is 0 Å². The van der Waals surface area contributed by atoms with Crippen LogP contribution in [0.5, 0.6) is 17.2 Å². The van der Waals surface area contributed by atoms with Gasteiger partial charge in [0.15, 0.2) is 11.5 Å². The highest BCUT2D eigenvalue weighted by atomic mass is 35.5. The van der Waals surface area contributed by atoms with E-state index < -0.39 is 0 Å². The zero-order chi connectivity index (χ0) is 18.4. The van der Waals surface area contributed by atoms with Crippen LogP contribution in [0.25, 0.3) is 0 Å². The molecule has 2 rings (SSSR count). The van der Waals surface area contributed by atoms with Gasteiger partial charge in [0.05, 0.1) is 33.8 Å². The van der Waals surface area contributed by atoms with Crippen LogP contribution in [0, 0.1) is 0 Å². The summed E-state index contributed by atoms with van der Waals surface area (Å²) < 4.78 is 15.9. The molecule has 0 radical (unpaired) electrons. The van der Waals surface area contributed by atoms with Gasteiger partial charge in [-0.1, -0.05) is 23.7 Å². The summed E-state index contributed by atoms with van der Waals surface area (Å²) in [6.07, 6.45) is 0.196. The zero-order valence-corrected chi connectivity index (χ0v) is 15.5. The maximum Gasteiger partial charge on any atom is 0.224 e. The van der Waals surface area contributed by atoms with E-state index in [1.165, 1.54) is 0 Å². The molecule has 25 heavy (non-hydrogen) atoms. The number of carbonyl (C=O) groups excluding carboxylic acids is 1. The molecular weight excluding hydrogens is 342 g/mol. The Bertz CT molecular complexity index is 723. The molecule has 5 nitrogen and oxygen atoms in total. The second-order valence-corrected chi connectivity index (χ2v) is 5.99. The number of carbonyl (C=O) groups is 1. The molecule has 2 aromatic carbocycles. The van der Waals surface area contributed by atoms with Crippen LogP contribution in [0.2, 0.25) is 5.02 Å². The third-order valence-electron chi connectivity index (χ3n) is 3.82. The lowest BCUT2D eigenvalue weighted by atomic mass is 10.1. The normalized spacial score (nSPS) is 11.6. The second kappa shape index (κ2) is 8.62. The summed E-state index contributed by atoms with van der Waals surface area (Å²) in [6, 6.07) is 10.8. The van der Waals surface area contributed by atoms with Crippen molar-refractivity contribution in [2.24, 2.45) is 0 Å². The molecule has 0 spiro atoms. The molecule has 0 aliphatic carbocycles. The minimum Gasteiger partial charge on any atom is -0.493 e. The van der Waals surface area contributed by atoms with Gasteiger partial charge in [-0.05, 0) is 42.3 Å². The Kier molecular flexibility index (Phi) is 6.53. The molecule has 0 aromatic heterocycles. The van der Waals surface area contributed by atoms with Crippen LogP contribution in [0.15, 0.2) is 36.4 Å². The maximum atomic E-state index is 12.4. The fourth-order valence-corrected chi connectivity index (χ4v) is 2.77. The van der Waals surface area contributed by atoms with Gasteiger partial charge in [0.25, 0.3) is 0 Å². The fourth-order valence-electron chi connectivity index (χ4n) is 2.57. The molecule has 0 saturated heterocycles. The van der Waals surface area contributed by atoms with Crippen LogP contribution < -0.4 is 19.5 Å². The van der Waals surface area contributed by atoms with Crippen molar-refractivity contribution in [3.05, 3.63) is 52.5 Å². The minimum atomic E-state index is -0.145. The average molecular weight is 364 g/mol. The number of methoxy groups -OCH3 is 3. The van der Waals surface area contributed by atoms with Gasteiger partial charge in [-0.3, -0.25) is 4.79 Å². The van der Waals surface area contributed by atoms with Gasteiger partial charge in [0.1, 0.15) is 0 Å². The van der Waals surface area contributed by atoms with Crippen LogP contribution in [-0.2, 0) is 11.2 Å². The van der Waals surface area contributed by atoms with E-state index in [2.05, 4.69) is 5.32 Å². The van der Waals surface area contributed by atoms with Crippen LogP contribution >= 0.6 is 11.6 Å². The first kappa shape index (κ1) is 18.9. The predicted octanol–water partition coefficient (Wildman–Crippen LogP) is 3.79. The van der Waals surface area contributed by atoms with Gasteiger partial charge >= 0.3 is 0 Å². The van der Waals surface area contributed by atoms with E-state index >= 15 is 0 Å². The molecule has 1 atom stereocenters. The predicted molar refractivity (Wildman–Crippen MR) is 97.8 cm³/mol. The van der Waals surface area contributed by atoms with Crippen molar-refractivity contribution in [3.63, 3.8) is 0 Å². The summed E-state index contributed by atoms with van der Waals surface area (Å²) in [4.78, 5) is 12.4. The highest BCUT2D eigenvalue weighted by Crippen LogP contribution is 2.38. The number of benzene rings is 2. The third-order valence-corrected chi connectivity index (χ3v) is 4.05. The Hall–Kier alpha value is -2.40. The first-order valence-electron chi connectivity index (χ1n) is 7.82. The molecule has 6 heteroatoms. The van der Waals surface area contributed by atoms with Crippen molar-refractivity contribution in [2.45, 2.75) is 19.4 Å². The van der Waals surface area contributed by atoms with E-state index in [-0.39, 0.29) is 18.4 Å². The van der Waals surface area contributed by atoms with Crippen LogP contribution in [0.3, 0.4) is 0 Å². The second-order valence-electron chi connectivity index (χ2n) is 5.55. The van der Waals surface area contributed by atoms with E-state index in [4.69, 9.17) is 25.8 Å². The number of hydrogen-bond donors (Lipinski definition) is 1. The number of ether oxygens (including phenoxy) is 3. The van der Waals surface area contributed by atoms with E-state index in [1.807, 2.05) is 25.1 Å².